The van der Waals surface area contributed by atoms with Gasteiger partial charge in [-0.15, -0.1) is 11.8 Å². The van der Waals surface area contributed by atoms with Gasteiger partial charge in [-0.3, -0.25) is 4.79 Å². The molecular formula is C15H14N6O3S. The molecule has 1 aromatic carbocycles. The standard InChI is InChI=1S/C15H14N6O3S/c16-15-20-12-11(18-6-19-12)14(21-15)25-4-3-17-13(22)8-1-2-9-10(5-8)24-7-23-9/h1-2,5-6H,3-4,7H2,(H,17,22)(H3,16,18,19,20,21). The van der Waals surface area contributed by atoms with Gasteiger partial charge in [0, 0.05) is 17.9 Å². The molecule has 0 saturated heterocycles. The highest BCUT2D eigenvalue weighted by Crippen LogP contribution is 2.32. The number of nitrogens with zero attached hydrogens (tertiary/aromatic N) is 3. The molecule has 2 aromatic heterocycles. The summed E-state index contributed by atoms with van der Waals surface area (Å²) in [6, 6.07) is 5.10. The molecule has 25 heavy (non-hydrogen) atoms. The van der Waals surface area contributed by atoms with Crippen LogP contribution < -0.4 is 20.5 Å². The fourth-order valence-corrected chi connectivity index (χ4v) is 3.23. The quantitative estimate of drug-likeness (QED) is 0.352. The summed E-state index contributed by atoms with van der Waals surface area (Å²) >= 11 is 1.46. The number of amides is 1. The number of nitrogen functional groups attached to an aromatic ring is 1. The predicted octanol–water partition coefficient (Wildman–Crippen LogP) is 1.19. The van der Waals surface area contributed by atoms with E-state index in [0.29, 0.717) is 40.0 Å². The minimum atomic E-state index is -0.173. The number of carbonyl (C=O) groups is 1. The molecular weight excluding hydrogens is 344 g/mol. The molecule has 0 spiro atoms. The third-order valence-corrected chi connectivity index (χ3v) is 4.51. The number of aromatic amines is 1. The lowest BCUT2D eigenvalue weighted by molar-refractivity contribution is 0.0955. The fourth-order valence-electron chi connectivity index (χ4n) is 2.38. The lowest BCUT2D eigenvalue weighted by Crippen LogP contribution is -2.25. The molecule has 0 aliphatic carbocycles. The van der Waals surface area contributed by atoms with Crippen LogP contribution in [0.15, 0.2) is 29.6 Å². The second kappa shape index (κ2) is 6.48. The van der Waals surface area contributed by atoms with Crippen molar-refractivity contribution in [3.05, 3.63) is 30.1 Å². The molecule has 3 heterocycles. The molecule has 3 aromatic rings. The second-order valence-corrected chi connectivity index (χ2v) is 6.24. The zero-order chi connectivity index (χ0) is 17.2. The predicted molar refractivity (Wildman–Crippen MR) is 91.7 cm³/mol. The van der Waals surface area contributed by atoms with E-state index in [-0.39, 0.29) is 18.6 Å². The highest BCUT2D eigenvalue weighted by Gasteiger charge is 2.16. The lowest BCUT2D eigenvalue weighted by atomic mass is 10.2. The van der Waals surface area contributed by atoms with E-state index in [1.54, 1.807) is 24.5 Å². The number of hydrogen-bond acceptors (Lipinski definition) is 8. The SMILES string of the molecule is Nc1nc(SCCNC(=O)c2ccc3c(c2)OCO3)c2[nH]cnc2n1. The number of nitrogens with two attached hydrogens (primary N) is 1. The van der Waals surface area contributed by atoms with E-state index in [2.05, 4.69) is 25.3 Å². The summed E-state index contributed by atoms with van der Waals surface area (Å²) in [6.07, 6.45) is 1.55. The van der Waals surface area contributed by atoms with Crippen molar-refractivity contribution in [2.45, 2.75) is 5.03 Å². The molecule has 0 unspecified atom stereocenters. The number of benzene rings is 1. The van der Waals surface area contributed by atoms with Crippen molar-refractivity contribution in [3.8, 4) is 11.5 Å². The average molecular weight is 358 g/mol. The summed E-state index contributed by atoms with van der Waals surface area (Å²) in [5.41, 5.74) is 7.46. The first-order chi connectivity index (χ1) is 12.2. The Morgan fingerprint density at radius 1 is 1.32 bits per heavy atom. The molecule has 4 rings (SSSR count). The van der Waals surface area contributed by atoms with E-state index in [9.17, 15) is 4.79 Å². The Kier molecular flexibility index (Phi) is 4.02. The molecule has 4 N–H and O–H groups in total. The largest absolute Gasteiger partial charge is 0.454 e. The van der Waals surface area contributed by atoms with Crippen LogP contribution >= 0.6 is 11.8 Å². The van der Waals surface area contributed by atoms with Gasteiger partial charge < -0.3 is 25.5 Å². The number of anilines is 1. The van der Waals surface area contributed by atoms with Gasteiger partial charge in [-0.05, 0) is 18.2 Å². The Balaban J connectivity index is 1.34. The van der Waals surface area contributed by atoms with Gasteiger partial charge in [-0.1, -0.05) is 0 Å². The summed E-state index contributed by atoms with van der Waals surface area (Å²) in [7, 11) is 0. The highest BCUT2D eigenvalue weighted by molar-refractivity contribution is 7.99. The number of rotatable bonds is 5. The first kappa shape index (κ1) is 15.5. The number of imidazole rings is 1. The number of H-pyrrole nitrogens is 1. The van der Waals surface area contributed by atoms with Crippen LogP contribution in [-0.4, -0.2) is 44.9 Å². The van der Waals surface area contributed by atoms with Crippen LogP contribution in [0.25, 0.3) is 11.2 Å². The molecule has 1 aliphatic heterocycles. The molecule has 9 nitrogen and oxygen atoms in total. The Morgan fingerprint density at radius 2 is 2.20 bits per heavy atom. The number of fused-ring (bicyclic) bond motifs is 2. The highest BCUT2D eigenvalue weighted by atomic mass is 32.2. The van der Waals surface area contributed by atoms with Gasteiger partial charge in [-0.25, -0.2) is 9.97 Å². The van der Waals surface area contributed by atoms with Gasteiger partial charge in [0.1, 0.15) is 10.5 Å². The number of carbonyl (C=O) groups excluding carboxylic acids is 1. The van der Waals surface area contributed by atoms with Gasteiger partial charge in [0.2, 0.25) is 12.7 Å². The van der Waals surface area contributed by atoms with Gasteiger partial charge in [-0.2, -0.15) is 4.98 Å². The molecule has 1 amide bonds. The lowest BCUT2D eigenvalue weighted by Gasteiger charge is -2.06. The normalized spacial score (nSPS) is 12.5. The third-order valence-electron chi connectivity index (χ3n) is 3.53. The Morgan fingerprint density at radius 3 is 3.12 bits per heavy atom. The zero-order valence-corrected chi connectivity index (χ0v) is 13.8. The maximum absolute atomic E-state index is 12.2. The van der Waals surface area contributed by atoms with E-state index >= 15 is 0 Å². The van der Waals surface area contributed by atoms with Gasteiger partial charge in [0.25, 0.3) is 5.91 Å². The molecule has 128 valence electrons. The molecule has 10 heteroatoms. The fraction of sp³-hybridized carbons (Fsp3) is 0.200. The maximum Gasteiger partial charge on any atom is 0.251 e. The van der Waals surface area contributed by atoms with Crippen LogP contribution in [0.2, 0.25) is 0 Å². The number of aromatic nitrogens is 4. The number of nitrogens with one attached hydrogen (secondary N) is 2. The Labute approximate surface area is 146 Å². The molecule has 0 atom stereocenters. The van der Waals surface area contributed by atoms with Crippen LogP contribution in [0.3, 0.4) is 0 Å². The Bertz CT molecular complexity index is 944. The summed E-state index contributed by atoms with van der Waals surface area (Å²) < 4.78 is 10.5. The number of ether oxygens (including phenoxy) is 2. The van der Waals surface area contributed by atoms with E-state index in [1.165, 1.54) is 11.8 Å². The van der Waals surface area contributed by atoms with E-state index in [0.717, 1.165) is 5.52 Å². The number of thioether (sulfide) groups is 1. The van der Waals surface area contributed by atoms with Crippen molar-refractivity contribution in [1.82, 2.24) is 25.3 Å². The van der Waals surface area contributed by atoms with Gasteiger partial charge >= 0.3 is 0 Å². The summed E-state index contributed by atoms with van der Waals surface area (Å²) in [5.74, 6) is 1.86. The van der Waals surface area contributed by atoms with Crippen molar-refractivity contribution in [1.29, 1.82) is 0 Å². The van der Waals surface area contributed by atoms with E-state index < -0.39 is 0 Å². The summed E-state index contributed by atoms with van der Waals surface area (Å²) in [6.45, 7) is 0.651. The van der Waals surface area contributed by atoms with Gasteiger partial charge in [0.05, 0.1) is 6.33 Å². The summed E-state index contributed by atoms with van der Waals surface area (Å²) in [4.78, 5) is 27.5. The monoisotopic (exact) mass is 358 g/mol. The van der Waals surface area contributed by atoms with Crippen LogP contribution in [0.4, 0.5) is 5.95 Å². The second-order valence-electron chi connectivity index (χ2n) is 5.16. The first-order valence-electron chi connectivity index (χ1n) is 7.48. The van der Waals surface area contributed by atoms with Crippen LogP contribution in [-0.2, 0) is 0 Å². The maximum atomic E-state index is 12.2. The van der Waals surface area contributed by atoms with Crippen LogP contribution in [0.1, 0.15) is 10.4 Å². The Hall–Kier alpha value is -3.01. The molecule has 1 aliphatic rings. The van der Waals surface area contributed by atoms with Gasteiger partial charge in [0.15, 0.2) is 17.1 Å². The first-order valence-corrected chi connectivity index (χ1v) is 8.46. The van der Waals surface area contributed by atoms with E-state index in [4.69, 9.17) is 15.2 Å². The molecule has 0 saturated carbocycles. The van der Waals surface area contributed by atoms with Crippen LogP contribution in [0.5, 0.6) is 11.5 Å². The molecule has 0 radical (unpaired) electrons. The van der Waals surface area contributed by atoms with E-state index in [1.807, 2.05) is 0 Å². The van der Waals surface area contributed by atoms with Crippen molar-refractivity contribution < 1.29 is 14.3 Å². The van der Waals surface area contributed by atoms with Crippen molar-refractivity contribution in [3.63, 3.8) is 0 Å². The summed E-state index contributed by atoms with van der Waals surface area (Å²) in [5, 5.41) is 3.57. The average Bonchev–Trinajstić information content (AvgIpc) is 3.26. The molecule has 0 fully saturated rings. The topological polar surface area (TPSA) is 128 Å². The van der Waals surface area contributed by atoms with Crippen molar-refractivity contribution in [2.24, 2.45) is 0 Å². The van der Waals surface area contributed by atoms with Crippen LogP contribution in [0, 0.1) is 0 Å². The third kappa shape index (κ3) is 3.15. The minimum Gasteiger partial charge on any atom is -0.454 e. The van der Waals surface area contributed by atoms with Crippen molar-refractivity contribution in [2.75, 3.05) is 24.8 Å². The van der Waals surface area contributed by atoms with Crippen molar-refractivity contribution >= 4 is 34.8 Å². The zero-order valence-electron chi connectivity index (χ0n) is 13.0. The smallest absolute Gasteiger partial charge is 0.251 e. The number of hydrogen-bond donors (Lipinski definition) is 3. The molecule has 0 bridgehead atoms. The minimum absolute atomic E-state index is 0.173.